The summed E-state index contributed by atoms with van der Waals surface area (Å²) in [7, 11) is 0. The lowest BCUT2D eigenvalue weighted by molar-refractivity contribution is 1.46. The van der Waals surface area contributed by atoms with Crippen molar-refractivity contribution in [1.82, 2.24) is 6.15 Å². The normalized spacial score (nSPS) is 11.1. The molecule has 0 unspecified atom stereocenters. The van der Waals surface area contributed by atoms with Gasteiger partial charge < -0.3 is 6.15 Å². The highest BCUT2D eigenvalue weighted by Crippen LogP contribution is 2.13. The molecule has 0 fully saturated rings. The van der Waals surface area contributed by atoms with E-state index in [1.807, 2.05) is 0 Å². The summed E-state index contributed by atoms with van der Waals surface area (Å²) in [4.78, 5) is 0. The highest BCUT2D eigenvalue weighted by Gasteiger charge is 2.32. The number of aryl methyl sites for hydroxylation is 4. The minimum Gasteiger partial charge on any atom is -0.369 e. The molecule has 4 rings (SSSR count). The van der Waals surface area contributed by atoms with Crippen molar-refractivity contribution in [3.8, 4) is 0 Å². The van der Waals surface area contributed by atoms with Gasteiger partial charge in [-0.05, 0) is 27.7 Å². The summed E-state index contributed by atoms with van der Waals surface area (Å²) in [5.41, 5.74) is 10.6. The molecule has 30 heavy (non-hydrogen) atoms. The molecule has 0 amide bonds. The molecule has 0 heterocycles. The number of benzene rings is 4. The topological polar surface area (TPSA) is 36.5 Å². The summed E-state index contributed by atoms with van der Waals surface area (Å²) in [6.07, 6.45) is -1.29. The predicted octanol–water partition coefficient (Wildman–Crippen LogP) is 4.67. The monoisotopic (exact) mass is 393 g/mol. The zero-order valence-corrected chi connectivity index (χ0v) is 18.8. The summed E-state index contributed by atoms with van der Waals surface area (Å²) in [6, 6.07) is 36.2. The molecule has 1 nitrogen and oxygen atoms in total. The maximum Gasteiger partial charge on any atom is 0.108 e. The Labute approximate surface area is 181 Å². The maximum atomic E-state index is 2.37. The van der Waals surface area contributed by atoms with Crippen LogP contribution in [0, 0.1) is 27.7 Å². The average Bonchev–Trinajstić information content (AvgIpc) is 2.69. The van der Waals surface area contributed by atoms with E-state index in [9.17, 15) is 0 Å². The first-order valence-corrected chi connectivity index (χ1v) is 10.4. The van der Waals surface area contributed by atoms with Gasteiger partial charge in [0, 0.05) is 0 Å². The smallest absolute Gasteiger partial charge is 0.108 e. The number of hydrogen-bond donors (Lipinski definition) is 1. The Bertz CT molecular complexity index is 975. The second kappa shape index (κ2) is 8.73. The summed E-state index contributed by atoms with van der Waals surface area (Å²) in [5, 5.41) is 0. The highest BCUT2D eigenvalue weighted by molar-refractivity contribution is 7.19. The summed E-state index contributed by atoms with van der Waals surface area (Å²) in [5.74, 6) is 0. The van der Waals surface area contributed by atoms with Crippen LogP contribution in [0.1, 0.15) is 22.3 Å². The quantitative estimate of drug-likeness (QED) is 0.489. The van der Waals surface area contributed by atoms with Crippen LogP contribution in [0.25, 0.3) is 0 Å². The fraction of sp³-hybridized carbons (Fsp3) is 0.143. The van der Waals surface area contributed by atoms with E-state index >= 15 is 0 Å². The number of rotatable bonds is 4. The van der Waals surface area contributed by atoms with Gasteiger partial charge in [-0.1, -0.05) is 119 Å². The molecule has 4 aromatic rings. The summed E-state index contributed by atoms with van der Waals surface area (Å²) >= 11 is 0. The third-order valence-corrected chi connectivity index (χ3v) is 6.17. The van der Waals surface area contributed by atoms with Crippen molar-refractivity contribution in [1.29, 1.82) is 0 Å². The minimum absolute atomic E-state index is 0. The molecule has 2 heteroatoms. The van der Waals surface area contributed by atoms with Crippen LogP contribution in [0.2, 0.25) is 0 Å². The van der Waals surface area contributed by atoms with Crippen LogP contribution in [0.15, 0.2) is 97.1 Å². The molecule has 4 aromatic carbocycles. The summed E-state index contributed by atoms with van der Waals surface area (Å²) < 4.78 is 0. The largest absolute Gasteiger partial charge is 0.369 e. The fourth-order valence-electron chi connectivity index (χ4n) is 4.91. The van der Waals surface area contributed by atoms with Crippen molar-refractivity contribution in [3.63, 3.8) is 0 Å². The second-order valence-electron chi connectivity index (χ2n) is 8.52. The second-order valence-corrected chi connectivity index (χ2v) is 8.52. The van der Waals surface area contributed by atoms with E-state index in [0.717, 1.165) is 0 Å². The van der Waals surface area contributed by atoms with Crippen LogP contribution < -0.4 is 28.0 Å². The first-order valence-electron chi connectivity index (χ1n) is 10.4. The maximum absolute atomic E-state index is 2.37. The zero-order valence-electron chi connectivity index (χ0n) is 18.8. The van der Waals surface area contributed by atoms with E-state index in [4.69, 9.17) is 0 Å². The molecule has 4 N–H and O–H groups in total. The molecule has 0 aromatic heterocycles. The zero-order chi connectivity index (χ0) is 20.4. The predicted molar refractivity (Wildman–Crippen MR) is 135 cm³/mol. The number of quaternary nitrogens is 1. The summed E-state index contributed by atoms with van der Waals surface area (Å²) in [6.45, 7) is 8.75. The van der Waals surface area contributed by atoms with Gasteiger partial charge in [-0.3, -0.25) is 0 Å². The standard InChI is InChI=1S/C28H28B.H3N/c1-21-9-5-13-25(17-21)29(26-14-6-10-22(2)18-26,27-15-7-11-23(3)19-27)28-16-8-12-24(4)20-28;/h5-20H,1-4H3;1H3/q-1;/p+1. The number of hydrogen-bond acceptors (Lipinski definition) is 0. The van der Waals surface area contributed by atoms with Crippen molar-refractivity contribution >= 4 is 28.0 Å². The Morgan fingerprint density at radius 3 is 0.833 bits per heavy atom. The van der Waals surface area contributed by atoms with Crippen LogP contribution >= 0.6 is 0 Å². The van der Waals surface area contributed by atoms with Crippen LogP contribution in [0.3, 0.4) is 0 Å². The molecule has 0 aliphatic heterocycles. The molecule has 0 atom stereocenters. The first-order chi connectivity index (χ1) is 14.0. The van der Waals surface area contributed by atoms with Crippen LogP contribution in [-0.2, 0) is 0 Å². The van der Waals surface area contributed by atoms with Gasteiger partial charge in [0.05, 0.1) is 0 Å². The van der Waals surface area contributed by atoms with E-state index in [1.54, 1.807) is 0 Å². The van der Waals surface area contributed by atoms with Gasteiger partial charge in [-0.25, -0.2) is 0 Å². The van der Waals surface area contributed by atoms with Gasteiger partial charge in [-0.15, -0.1) is 0 Å². The lowest BCUT2D eigenvalue weighted by Crippen LogP contribution is -2.75. The Kier molecular flexibility index (Phi) is 6.29. The van der Waals surface area contributed by atoms with Gasteiger partial charge in [0.1, 0.15) is 6.15 Å². The third kappa shape index (κ3) is 3.84. The lowest BCUT2D eigenvalue weighted by Gasteiger charge is -2.45. The van der Waals surface area contributed by atoms with Gasteiger partial charge in [0.15, 0.2) is 0 Å². The Morgan fingerprint density at radius 2 is 0.633 bits per heavy atom. The molecule has 152 valence electrons. The van der Waals surface area contributed by atoms with Crippen molar-refractivity contribution in [2.45, 2.75) is 27.7 Å². The SMILES string of the molecule is Cc1cccc([B-](c2cccc(C)c2)(c2cccc(C)c2)c2cccc(C)c2)c1.[NH4+]. The first kappa shape index (κ1) is 21.6. The molecule has 0 saturated heterocycles. The molecule has 0 aliphatic carbocycles. The Morgan fingerprint density at radius 1 is 0.400 bits per heavy atom. The molecule has 0 spiro atoms. The van der Waals surface area contributed by atoms with Crippen molar-refractivity contribution in [2.75, 3.05) is 0 Å². The van der Waals surface area contributed by atoms with Gasteiger partial charge in [0.2, 0.25) is 0 Å². The minimum atomic E-state index is -1.29. The molecule has 0 aliphatic rings. The van der Waals surface area contributed by atoms with Gasteiger partial charge >= 0.3 is 0 Å². The molecule has 0 radical (unpaired) electrons. The van der Waals surface area contributed by atoms with E-state index < -0.39 is 6.15 Å². The Balaban J connectivity index is 0.00000256. The molecular formula is C28H32BN. The third-order valence-electron chi connectivity index (χ3n) is 6.17. The van der Waals surface area contributed by atoms with Crippen molar-refractivity contribution in [3.05, 3.63) is 119 Å². The van der Waals surface area contributed by atoms with Crippen LogP contribution in [-0.4, -0.2) is 6.15 Å². The van der Waals surface area contributed by atoms with Crippen molar-refractivity contribution < 1.29 is 0 Å². The Hall–Kier alpha value is -3.10. The van der Waals surface area contributed by atoms with Gasteiger partial charge in [0.25, 0.3) is 0 Å². The highest BCUT2D eigenvalue weighted by atomic mass is 14.1. The molecule has 0 bridgehead atoms. The van der Waals surface area contributed by atoms with Gasteiger partial charge in [-0.2, -0.15) is 21.9 Å². The van der Waals surface area contributed by atoms with E-state index in [0.29, 0.717) is 0 Å². The fourth-order valence-corrected chi connectivity index (χ4v) is 4.91. The van der Waals surface area contributed by atoms with Crippen LogP contribution in [0.5, 0.6) is 0 Å². The molecular weight excluding hydrogens is 361 g/mol. The lowest BCUT2D eigenvalue weighted by atomic mass is 9.13. The van der Waals surface area contributed by atoms with Crippen LogP contribution in [0.4, 0.5) is 0 Å². The van der Waals surface area contributed by atoms with E-state index in [1.165, 1.54) is 44.1 Å². The van der Waals surface area contributed by atoms with E-state index in [-0.39, 0.29) is 6.15 Å². The van der Waals surface area contributed by atoms with Crippen molar-refractivity contribution in [2.24, 2.45) is 0 Å². The van der Waals surface area contributed by atoms with E-state index in [2.05, 4.69) is 125 Å². The molecule has 0 saturated carbocycles. The average molecular weight is 393 g/mol.